The van der Waals surface area contributed by atoms with Gasteiger partial charge in [0.15, 0.2) is 0 Å². The molecule has 0 atom stereocenters. The summed E-state index contributed by atoms with van der Waals surface area (Å²) in [5.41, 5.74) is 1.02. The second-order valence-electron chi connectivity index (χ2n) is 7.85. The largest absolute Gasteiger partial charge is 0.337 e. The molecule has 5 heteroatoms. The maximum Gasteiger partial charge on any atom is 0.319 e. The van der Waals surface area contributed by atoms with Crippen LogP contribution in [0.3, 0.4) is 0 Å². The molecular formula is C18H22Cl2N2O. The number of nitrogens with one attached hydrogen (secondary N) is 2. The van der Waals surface area contributed by atoms with E-state index in [0.717, 1.165) is 24.3 Å². The summed E-state index contributed by atoms with van der Waals surface area (Å²) in [6, 6.07) is 4.98. The van der Waals surface area contributed by atoms with E-state index in [4.69, 9.17) is 23.2 Å². The van der Waals surface area contributed by atoms with Crippen molar-refractivity contribution in [2.45, 2.75) is 38.5 Å². The lowest BCUT2D eigenvalue weighted by Crippen LogP contribution is -2.51. The maximum atomic E-state index is 12.2. The Bertz CT molecular complexity index is 596. The van der Waals surface area contributed by atoms with Crippen LogP contribution < -0.4 is 10.6 Å². The molecule has 4 saturated carbocycles. The van der Waals surface area contributed by atoms with Crippen molar-refractivity contribution >= 4 is 34.9 Å². The van der Waals surface area contributed by atoms with Crippen molar-refractivity contribution in [1.82, 2.24) is 5.32 Å². The van der Waals surface area contributed by atoms with Crippen molar-refractivity contribution < 1.29 is 4.79 Å². The molecule has 23 heavy (non-hydrogen) atoms. The van der Waals surface area contributed by atoms with Crippen LogP contribution in [0.1, 0.15) is 38.5 Å². The third kappa shape index (κ3) is 3.18. The summed E-state index contributed by atoms with van der Waals surface area (Å²) in [6.45, 7) is 0.795. The predicted molar refractivity (Wildman–Crippen MR) is 94.1 cm³/mol. The Hall–Kier alpha value is -0.930. The average Bonchev–Trinajstić information content (AvgIpc) is 2.48. The van der Waals surface area contributed by atoms with Crippen LogP contribution in [0.15, 0.2) is 18.2 Å². The van der Waals surface area contributed by atoms with Gasteiger partial charge in [0.1, 0.15) is 0 Å². The van der Waals surface area contributed by atoms with Crippen LogP contribution in [0.5, 0.6) is 0 Å². The first-order chi connectivity index (χ1) is 11.0. The van der Waals surface area contributed by atoms with Gasteiger partial charge in [0, 0.05) is 12.2 Å². The molecule has 1 aromatic rings. The summed E-state index contributed by atoms with van der Waals surface area (Å²) in [6.07, 6.45) is 8.17. The van der Waals surface area contributed by atoms with Crippen LogP contribution in [0.2, 0.25) is 10.0 Å². The summed E-state index contributed by atoms with van der Waals surface area (Å²) in [5, 5.41) is 6.89. The zero-order valence-corrected chi connectivity index (χ0v) is 14.6. The van der Waals surface area contributed by atoms with Crippen molar-refractivity contribution in [1.29, 1.82) is 0 Å². The summed E-state index contributed by atoms with van der Waals surface area (Å²) < 4.78 is 0. The lowest BCUT2D eigenvalue weighted by molar-refractivity contribution is -0.0496. The highest BCUT2D eigenvalue weighted by Crippen LogP contribution is 2.59. The van der Waals surface area contributed by atoms with Crippen LogP contribution in [-0.2, 0) is 0 Å². The normalized spacial score (nSPS) is 34.4. The van der Waals surface area contributed by atoms with Gasteiger partial charge < -0.3 is 10.6 Å². The molecule has 2 N–H and O–H groups in total. The van der Waals surface area contributed by atoms with Gasteiger partial charge in [0.25, 0.3) is 0 Å². The molecule has 4 aliphatic carbocycles. The molecule has 0 aliphatic heterocycles. The third-order valence-electron chi connectivity index (χ3n) is 5.97. The van der Waals surface area contributed by atoms with Crippen molar-refractivity contribution in [3.05, 3.63) is 28.2 Å². The monoisotopic (exact) mass is 352 g/mol. The van der Waals surface area contributed by atoms with E-state index in [2.05, 4.69) is 10.6 Å². The fourth-order valence-corrected chi connectivity index (χ4v) is 5.82. The van der Waals surface area contributed by atoms with Gasteiger partial charge in [-0.15, -0.1) is 0 Å². The predicted octanol–water partition coefficient (Wildman–Crippen LogP) is 5.33. The summed E-state index contributed by atoms with van der Waals surface area (Å²) in [4.78, 5) is 12.2. The Balaban J connectivity index is 1.35. The molecule has 4 fully saturated rings. The minimum atomic E-state index is -0.154. The molecule has 3 nitrogen and oxygen atoms in total. The SMILES string of the molecule is O=C(NCC12CC3CC(CC(C3)C1)C2)Nc1ccc(Cl)c(Cl)c1. The van der Waals surface area contributed by atoms with E-state index in [-0.39, 0.29) is 6.03 Å². The van der Waals surface area contributed by atoms with Crippen LogP contribution in [0, 0.1) is 23.2 Å². The molecule has 0 heterocycles. The maximum absolute atomic E-state index is 12.2. The van der Waals surface area contributed by atoms with Crippen molar-refractivity contribution in [3.63, 3.8) is 0 Å². The number of hydrogen-bond donors (Lipinski definition) is 2. The summed E-state index contributed by atoms with van der Waals surface area (Å²) in [7, 11) is 0. The minimum Gasteiger partial charge on any atom is -0.337 e. The number of carbonyl (C=O) groups is 1. The van der Waals surface area contributed by atoms with E-state index >= 15 is 0 Å². The molecule has 4 bridgehead atoms. The molecular weight excluding hydrogens is 331 g/mol. The van der Waals surface area contributed by atoms with Crippen LogP contribution >= 0.6 is 23.2 Å². The molecule has 1 aromatic carbocycles. The Morgan fingerprint density at radius 3 is 2.22 bits per heavy atom. The first-order valence-corrected chi connectivity index (χ1v) is 9.27. The standard InChI is InChI=1S/C18H22Cl2N2O/c19-15-2-1-14(6-16(15)20)22-17(23)21-10-18-7-11-3-12(8-18)5-13(4-11)9-18/h1-2,6,11-13H,3-5,7-10H2,(H2,21,22,23). The van der Waals surface area contributed by atoms with Gasteiger partial charge in [-0.1, -0.05) is 23.2 Å². The minimum absolute atomic E-state index is 0.154. The number of carbonyl (C=O) groups excluding carboxylic acids is 1. The zero-order valence-electron chi connectivity index (χ0n) is 13.1. The van der Waals surface area contributed by atoms with Crippen LogP contribution in [0.4, 0.5) is 10.5 Å². The molecule has 0 aromatic heterocycles. The molecule has 0 saturated heterocycles. The first-order valence-electron chi connectivity index (χ1n) is 8.51. The highest BCUT2D eigenvalue weighted by atomic mass is 35.5. The number of anilines is 1. The lowest BCUT2D eigenvalue weighted by Gasteiger charge is -2.56. The van der Waals surface area contributed by atoms with Gasteiger partial charge >= 0.3 is 6.03 Å². The van der Waals surface area contributed by atoms with Crippen molar-refractivity contribution in [3.8, 4) is 0 Å². The number of amides is 2. The highest BCUT2D eigenvalue weighted by molar-refractivity contribution is 6.42. The van der Waals surface area contributed by atoms with Crippen molar-refractivity contribution in [2.24, 2.45) is 23.2 Å². The average molecular weight is 353 g/mol. The topological polar surface area (TPSA) is 41.1 Å². The van der Waals surface area contributed by atoms with E-state index in [1.165, 1.54) is 38.5 Å². The number of urea groups is 1. The van der Waals surface area contributed by atoms with E-state index in [9.17, 15) is 4.79 Å². The van der Waals surface area contributed by atoms with Gasteiger partial charge in [0.2, 0.25) is 0 Å². The van der Waals surface area contributed by atoms with E-state index in [1.54, 1.807) is 18.2 Å². The molecule has 2 amide bonds. The van der Waals surface area contributed by atoms with Gasteiger partial charge in [-0.05, 0) is 79.9 Å². The van der Waals surface area contributed by atoms with Gasteiger partial charge in [0.05, 0.1) is 10.0 Å². The Labute approximate surface area is 147 Å². The molecule has 124 valence electrons. The first kappa shape index (κ1) is 15.6. The number of rotatable bonds is 3. The van der Waals surface area contributed by atoms with Crippen LogP contribution in [0.25, 0.3) is 0 Å². The highest BCUT2D eigenvalue weighted by Gasteiger charge is 2.50. The second kappa shape index (κ2) is 5.86. The molecule has 4 aliphatic rings. The number of halogens is 2. The van der Waals surface area contributed by atoms with Gasteiger partial charge in [-0.25, -0.2) is 4.79 Å². The van der Waals surface area contributed by atoms with Gasteiger partial charge in [-0.2, -0.15) is 0 Å². The lowest BCUT2D eigenvalue weighted by atomic mass is 9.49. The molecule has 5 rings (SSSR count). The molecule has 0 unspecified atom stereocenters. The van der Waals surface area contributed by atoms with E-state index in [1.807, 2.05) is 0 Å². The quantitative estimate of drug-likeness (QED) is 0.757. The molecule has 0 spiro atoms. The smallest absolute Gasteiger partial charge is 0.319 e. The number of benzene rings is 1. The fraction of sp³-hybridized carbons (Fsp3) is 0.611. The van der Waals surface area contributed by atoms with Gasteiger partial charge in [-0.3, -0.25) is 0 Å². The van der Waals surface area contributed by atoms with Crippen LogP contribution in [-0.4, -0.2) is 12.6 Å². The van der Waals surface area contributed by atoms with E-state index < -0.39 is 0 Å². The Morgan fingerprint density at radius 2 is 1.65 bits per heavy atom. The zero-order chi connectivity index (χ0) is 16.0. The third-order valence-corrected chi connectivity index (χ3v) is 6.71. The van der Waals surface area contributed by atoms with E-state index in [0.29, 0.717) is 21.1 Å². The summed E-state index contributed by atoms with van der Waals surface area (Å²) >= 11 is 11.9. The fourth-order valence-electron chi connectivity index (χ4n) is 5.52. The Kier molecular flexibility index (Phi) is 3.97. The second-order valence-corrected chi connectivity index (χ2v) is 8.67. The van der Waals surface area contributed by atoms with Crippen molar-refractivity contribution in [2.75, 3.05) is 11.9 Å². The number of hydrogen-bond acceptors (Lipinski definition) is 1. The Morgan fingerprint density at radius 1 is 1.04 bits per heavy atom. The summed E-state index contributed by atoms with van der Waals surface area (Å²) in [5.74, 6) is 2.71. The molecule has 0 radical (unpaired) electrons.